The van der Waals surface area contributed by atoms with Crippen molar-refractivity contribution in [2.24, 2.45) is 94.7 Å². The monoisotopic (exact) mass is 1890 g/mol. The van der Waals surface area contributed by atoms with E-state index in [1.165, 1.54) is 22.3 Å². The molecule has 0 saturated heterocycles. The number of aliphatic hydroxyl groups excluding tert-OH is 8. The zero-order valence-corrected chi connectivity index (χ0v) is 79.2. The minimum absolute atomic E-state index is 0.0492. The van der Waals surface area contributed by atoms with Crippen molar-refractivity contribution in [1.82, 2.24) is 0 Å². The van der Waals surface area contributed by atoms with Crippen LogP contribution in [0.1, 0.15) is 233 Å². The molecule has 11 aliphatic carbocycles. The summed E-state index contributed by atoms with van der Waals surface area (Å²) in [6.07, 6.45) is 18.7. The first-order valence-electron chi connectivity index (χ1n) is 50.0. The summed E-state index contributed by atoms with van der Waals surface area (Å²) < 4.78 is 55.3. The highest BCUT2D eigenvalue weighted by atomic mass is 16.6. The van der Waals surface area contributed by atoms with Gasteiger partial charge in [0.05, 0.1) is 100 Å². The van der Waals surface area contributed by atoms with Crippen molar-refractivity contribution < 1.29 is 147 Å². The number of fused-ring (bicyclic) bond motifs is 8. The molecule has 0 radical (unpaired) electrons. The minimum atomic E-state index is -0.908. The molecule has 7 fully saturated rings. The van der Waals surface area contributed by atoms with Crippen LogP contribution in [0.3, 0.4) is 0 Å². The lowest BCUT2D eigenvalue weighted by molar-refractivity contribution is -0.165. The van der Waals surface area contributed by atoms with Crippen LogP contribution in [-0.4, -0.2) is 236 Å². The van der Waals surface area contributed by atoms with Crippen molar-refractivity contribution in [3.05, 3.63) is 117 Å². The van der Waals surface area contributed by atoms with E-state index in [2.05, 4.69) is 24.3 Å². The summed E-state index contributed by atoms with van der Waals surface area (Å²) in [5, 5.41) is 118. The van der Waals surface area contributed by atoms with E-state index in [9.17, 15) is 79.2 Å². The summed E-state index contributed by atoms with van der Waals surface area (Å²) in [6.45, 7) is 10.1. The molecule has 0 amide bonds. The number of benzene rings is 4. The molecule has 0 spiro atoms. The second-order valence-corrected chi connectivity index (χ2v) is 40.3. The first-order valence-corrected chi connectivity index (χ1v) is 50.0. The Labute approximate surface area is 792 Å². The van der Waals surface area contributed by atoms with Gasteiger partial charge in [-0.25, -0.2) is 19.2 Å². The number of aliphatic carboxylic acids is 4. The van der Waals surface area contributed by atoms with Gasteiger partial charge in [0.15, 0.2) is 26.4 Å². The van der Waals surface area contributed by atoms with Crippen molar-refractivity contribution in [3.8, 4) is 23.0 Å². The zero-order chi connectivity index (χ0) is 96.7. The lowest BCUT2D eigenvalue weighted by atomic mass is 9.73. The van der Waals surface area contributed by atoms with E-state index in [0.717, 1.165) is 176 Å². The maximum absolute atomic E-state index is 12.3. The van der Waals surface area contributed by atoms with E-state index in [4.69, 9.17) is 67.8 Å². The molecule has 7 saturated carbocycles. The maximum Gasteiger partial charge on any atom is 0.344 e. The second kappa shape index (κ2) is 50.9. The minimum Gasteiger partial charge on any atom is -0.482 e. The van der Waals surface area contributed by atoms with E-state index in [-0.39, 0.29) is 175 Å². The Bertz CT molecular complexity index is 4510. The molecule has 30 heteroatoms. The van der Waals surface area contributed by atoms with Crippen LogP contribution in [0.25, 0.3) is 0 Å². The summed E-state index contributed by atoms with van der Waals surface area (Å²) in [5.41, 5.74) is 9.30. The van der Waals surface area contributed by atoms with E-state index >= 15 is 0 Å². The molecular weight excluding hydrogens is 1740 g/mol. The molecule has 0 aliphatic heterocycles. The van der Waals surface area contributed by atoms with Gasteiger partial charge < -0.3 is 109 Å². The molecule has 4 aromatic carbocycles. The van der Waals surface area contributed by atoms with E-state index in [0.29, 0.717) is 109 Å². The number of carbonyl (C=O) groups excluding carboxylic acids is 4. The van der Waals surface area contributed by atoms with Gasteiger partial charge in [0.2, 0.25) is 0 Å². The average Bonchev–Trinajstić information content (AvgIpc) is 1.67. The van der Waals surface area contributed by atoms with Crippen LogP contribution in [0.2, 0.25) is 0 Å². The van der Waals surface area contributed by atoms with Gasteiger partial charge in [0, 0.05) is 6.42 Å². The zero-order valence-electron chi connectivity index (χ0n) is 79.2. The Morgan fingerprint density at radius 1 is 0.370 bits per heavy atom. The van der Waals surface area contributed by atoms with E-state index < -0.39 is 59.8 Å². The first-order chi connectivity index (χ1) is 64.8. The topological polar surface area (TPSA) is 472 Å². The summed E-state index contributed by atoms with van der Waals surface area (Å²) in [7, 11) is 0. The summed E-state index contributed by atoms with van der Waals surface area (Å²) in [6, 6.07) is 23.7. The van der Waals surface area contributed by atoms with Crippen LogP contribution >= 0.6 is 0 Å². The third kappa shape index (κ3) is 29.5. The first kappa shape index (κ1) is 105. The molecule has 30 nitrogen and oxygen atoms in total. The van der Waals surface area contributed by atoms with E-state index in [1.54, 1.807) is 6.92 Å². The smallest absolute Gasteiger partial charge is 0.344 e. The van der Waals surface area contributed by atoms with Crippen LogP contribution in [0.15, 0.2) is 72.8 Å². The highest BCUT2D eigenvalue weighted by molar-refractivity contribution is 5.75. The molecule has 12 N–H and O–H groups in total. The Balaban J connectivity index is 0.000000162. The van der Waals surface area contributed by atoms with Gasteiger partial charge in [0.25, 0.3) is 0 Å². The predicted octanol–water partition coefficient (Wildman–Crippen LogP) is 11.6. The van der Waals surface area contributed by atoms with Crippen LogP contribution < -0.4 is 18.9 Å². The van der Waals surface area contributed by atoms with Gasteiger partial charge in [0.1, 0.15) is 41.3 Å². The average molecular weight is 1890 g/mol. The highest BCUT2D eigenvalue weighted by Gasteiger charge is 2.50. The van der Waals surface area contributed by atoms with Crippen molar-refractivity contribution in [1.29, 1.82) is 0 Å². The molecule has 21 atom stereocenters. The molecule has 748 valence electrons. The Kier molecular flexibility index (Phi) is 39.7. The number of esters is 4. The van der Waals surface area contributed by atoms with Gasteiger partial charge in [-0.1, -0.05) is 76.2 Å². The van der Waals surface area contributed by atoms with Gasteiger partial charge in [-0.2, -0.15) is 0 Å². The summed E-state index contributed by atoms with van der Waals surface area (Å²) >= 11 is 0. The molecular formula is C105H148O30. The van der Waals surface area contributed by atoms with Gasteiger partial charge >= 0.3 is 47.8 Å². The van der Waals surface area contributed by atoms with Crippen LogP contribution in [0.4, 0.5) is 0 Å². The molecule has 4 aromatic rings. The maximum atomic E-state index is 12.3. The normalized spacial score (nSPS) is 29.3. The fourth-order valence-electron chi connectivity index (χ4n) is 23.4. The standard InChI is InChI=1S/C28H42O9.2C26H36O7.C25H34O7/c1-3-21(29)7-8-22-23-13-19-5-4-6-26(24(19)14-20(23)15-25(22)30)36-17-28(33)37-18(2)16-35-12-11-34-10-9-27(31)32;1-2-19(27)6-7-20-21-10-16-4-3-5-24(22(16)11-17(21)12-23(20)28)32-14-25(29)33-13-15-8-18(9-15)26(30)31;1-2-18(27)6-7-20-21-11-16-4-3-5-24(22(16)12-17(21)13-23(20)28)32-14-26(31)33-19-8-15(9-19)10-25(29)30;1-2-17(26)6-7-19-20-10-14-4-3-5-23(21(14)11-15(20)12-22(19)27)31-13-24(28)32-18-8-16(9-18)25(29)30/h4-6,18,20-23,25,29-30H,3,7-17H2,1-2H3,(H,31,32);3-5,15,17-21,23,27-28H,2,6-14H2,1H3,(H,30,31);3-5,15,17-21,23,27-28H,2,6-14H2,1H3,(H,29,30);3-5,15-20,22,26-27H,2,6-13H2,1H3,(H,29,30)/t18?,20-,21-,22+,23-,25+;15?,17-,18?,19-,20+,21-,23+;15?,17-,18-,19?,20+,21-,23+;15-,16?,17-,18?,19+,20-,22+/m0000/s1. The number of ether oxygens (including phenoxy) is 10. The fraction of sp³-hybridized carbons (Fsp3) is 0.695. The Morgan fingerprint density at radius 2 is 0.696 bits per heavy atom. The van der Waals surface area contributed by atoms with Crippen molar-refractivity contribution in [2.75, 3.05) is 59.5 Å². The van der Waals surface area contributed by atoms with Crippen LogP contribution in [0.5, 0.6) is 23.0 Å². The van der Waals surface area contributed by atoms with Crippen molar-refractivity contribution >= 4 is 47.8 Å². The highest BCUT2D eigenvalue weighted by Crippen LogP contribution is 2.54. The largest absolute Gasteiger partial charge is 0.482 e. The molecule has 0 aromatic heterocycles. The van der Waals surface area contributed by atoms with Crippen LogP contribution in [0, 0.1) is 94.7 Å². The number of aliphatic hydroxyl groups is 8. The molecule has 1 unspecified atom stereocenters. The molecule has 135 heavy (non-hydrogen) atoms. The SMILES string of the molecule is CC[C@H](O)CC[C@@H]1[C@H]2Cc3cccc(OCC(=O)OC(C)COCCOCCC(=O)O)c3C[C@H]2C[C@H]1O.CC[C@H](O)CC[C@@H]1[C@H]2Cc3cccc(OCC(=O)OC4CC(C(=O)O)C4)c3C[C@H]2C[C@H]1O.CC[C@H](O)CC[C@@H]1[C@H]2Cc3cccc(OCC(=O)OC4CC(CC(=O)O)C4)c3C[C@H]2C[C@H]1O.CC[C@H](O)CC[C@@H]1[C@H]2Cc3cccc(OCC(=O)OCC4CC(C(=O)O)C4)c3C[C@H]2C[C@H]1O. The third-order valence-electron chi connectivity index (χ3n) is 31.3. The lowest BCUT2D eigenvalue weighted by Crippen LogP contribution is -2.38. The van der Waals surface area contributed by atoms with Crippen LogP contribution in [-0.2, 0) is 118 Å². The third-order valence-corrected chi connectivity index (χ3v) is 31.3. The van der Waals surface area contributed by atoms with Crippen molar-refractivity contribution in [2.45, 2.75) is 307 Å². The number of carboxylic acids is 4. The predicted molar refractivity (Wildman–Crippen MR) is 493 cm³/mol. The molecule has 15 rings (SSSR count). The molecule has 0 heterocycles. The van der Waals surface area contributed by atoms with Crippen molar-refractivity contribution in [3.63, 3.8) is 0 Å². The number of hydrogen-bond donors (Lipinski definition) is 12. The summed E-state index contributed by atoms with van der Waals surface area (Å²) in [5.74, 6) is 1.10. The molecule has 0 bridgehead atoms. The Morgan fingerprint density at radius 3 is 1.03 bits per heavy atom. The number of carbonyl (C=O) groups is 8. The number of carboxylic acid groups (broad SMARTS) is 4. The number of hydrogen-bond acceptors (Lipinski definition) is 26. The van der Waals surface area contributed by atoms with Gasteiger partial charge in [-0.15, -0.1) is 0 Å². The van der Waals surface area contributed by atoms with Gasteiger partial charge in [-0.3, -0.25) is 19.2 Å². The Hall–Kier alpha value is -8.56. The molecule has 11 aliphatic rings. The number of rotatable bonds is 45. The second-order valence-electron chi connectivity index (χ2n) is 40.3. The fourth-order valence-corrected chi connectivity index (χ4v) is 23.4. The quantitative estimate of drug-likeness (QED) is 0.0111. The van der Waals surface area contributed by atoms with Gasteiger partial charge in [-0.05, 0) is 351 Å². The summed E-state index contributed by atoms with van der Waals surface area (Å²) in [4.78, 5) is 91.7. The van der Waals surface area contributed by atoms with E-state index in [1.807, 2.05) is 76.2 Å². The lowest BCUT2D eigenvalue weighted by Gasteiger charge is -2.34.